The summed E-state index contributed by atoms with van der Waals surface area (Å²) in [5.41, 5.74) is -0.0304. The number of benzene rings is 1. The number of hydrogen-bond donors (Lipinski definition) is 0. The molecule has 4 nitrogen and oxygen atoms in total. The lowest BCUT2D eigenvalue weighted by Crippen LogP contribution is -1.92. The molecule has 0 aromatic heterocycles. The molecule has 1 aromatic carbocycles. The van der Waals surface area contributed by atoms with Gasteiger partial charge in [-0.3, -0.25) is 10.1 Å². The van der Waals surface area contributed by atoms with Crippen molar-refractivity contribution in [2.24, 2.45) is 0 Å². The molecule has 0 saturated heterocycles. The molecule has 0 amide bonds. The summed E-state index contributed by atoms with van der Waals surface area (Å²) in [4.78, 5) is 10.7. The molecule has 66 valence electrons. The Labute approximate surface area is 79.3 Å². The van der Waals surface area contributed by atoms with Crippen molar-refractivity contribution in [2.45, 2.75) is 4.90 Å². The minimum absolute atomic E-state index is 0.0998. The van der Waals surface area contributed by atoms with Gasteiger partial charge in [0.05, 0.1) is 4.92 Å². The van der Waals surface area contributed by atoms with E-state index in [2.05, 4.69) is 0 Å². The van der Waals surface area contributed by atoms with E-state index in [4.69, 9.17) is 5.26 Å². The number of nitrogens with zero attached hydrogens (tertiary/aromatic N) is 2. The van der Waals surface area contributed by atoms with Gasteiger partial charge in [-0.15, -0.1) is 11.8 Å². The van der Waals surface area contributed by atoms with Crippen LogP contribution in [0.2, 0.25) is 0 Å². The van der Waals surface area contributed by atoms with Crippen molar-refractivity contribution in [3.05, 3.63) is 33.9 Å². The average molecular weight is 194 g/mol. The Morgan fingerprint density at radius 3 is 2.77 bits per heavy atom. The number of nitro benzene ring substituents is 1. The molecule has 0 spiro atoms. The summed E-state index contributed by atoms with van der Waals surface area (Å²) in [6, 6.07) is 6.34. The molecule has 0 saturated carbocycles. The van der Waals surface area contributed by atoms with Crippen LogP contribution in [0.4, 0.5) is 5.69 Å². The Hall–Kier alpha value is -1.54. The molecule has 1 rings (SSSR count). The maximum absolute atomic E-state index is 10.5. The summed E-state index contributed by atoms with van der Waals surface area (Å²) in [5.74, 6) is 0. The highest BCUT2D eigenvalue weighted by Crippen LogP contribution is 2.24. The summed E-state index contributed by atoms with van der Waals surface area (Å²) in [6.45, 7) is 0. The summed E-state index contributed by atoms with van der Waals surface area (Å²) in [7, 11) is 0. The van der Waals surface area contributed by atoms with Crippen LogP contribution in [-0.4, -0.2) is 11.2 Å². The number of nitriles is 1. The molecule has 0 aliphatic heterocycles. The number of hydrogen-bond acceptors (Lipinski definition) is 4. The highest BCUT2D eigenvalue weighted by molar-refractivity contribution is 7.98. The fourth-order valence-electron chi connectivity index (χ4n) is 0.884. The molecule has 0 unspecified atom stereocenters. The van der Waals surface area contributed by atoms with Crippen LogP contribution in [0.5, 0.6) is 0 Å². The zero-order valence-corrected chi connectivity index (χ0v) is 7.67. The van der Waals surface area contributed by atoms with Crippen molar-refractivity contribution in [1.29, 1.82) is 5.26 Å². The van der Waals surface area contributed by atoms with E-state index < -0.39 is 4.92 Å². The van der Waals surface area contributed by atoms with E-state index in [0.29, 0.717) is 0 Å². The number of nitro groups is 1. The van der Waals surface area contributed by atoms with Gasteiger partial charge in [-0.25, -0.2) is 0 Å². The molecule has 0 aliphatic rings. The monoisotopic (exact) mass is 194 g/mol. The largest absolute Gasteiger partial charge is 0.288 e. The summed E-state index contributed by atoms with van der Waals surface area (Å²) < 4.78 is 0. The first-order valence-corrected chi connectivity index (χ1v) is 4.64. The normalized spacial score (nSPS) is 9.23. The first kappa shape index (κ1) is 9.55. The minimum atomic E-state index is -0.543. The topological polar surface area (TPSA) is 66.9 Å². The molecule has 0 aliphatic carbocycles. The molecule has 0 atom stereocenters. The van der Waals surface area contributed by atoms with Crippen LogP contribution in [0, 0.1) is 21.4 Å². The van der Waals surface area contributed by atoms with Crippen molar-refractivity contribution in [2.75, 3.05) is 6.26 Å². The van der Waals surface area contributed by atoms with Gasteiger partial charge < -0.3 is 0 Å². The molecule has 5 heteroatoms. The van der Waals surface area contributed by atoms with Crippen molar-refractivity contribution in [3.63, 3.8) is 0 Å². The summed E-state index contributed by atoms with van der Waals surface area (Å²) >= 11 is 1.41. The Balaban J connectivity index is 3.28. The lowest BCUT2D eigenvalue weighted by molar-refractivity contribution is -0.385. The fraction of sp³-hybridized carbons (Fsp3) is 0.125. The predicted octanol–water partition coefficient (Wildman–Crippen LogP) is 2.19. The third-order valence-electron chi connectivity index (χ3n) is 1.52. The van der Waals surface area contributed by atoms with E-state index in [1.165, 1.54) is 23.9 Å². The minimum Gasteiger partial charge on any atom is -0.258 e. The van der Waals surface area contributed by atoms with Crippen molar-refractivity contribution < 1.29 is 4.92 Å². The van der Waals surface area contributed by atoms with Gasteiger partial charge in [0.15, 0.2) is 0 Å². The lowest BCUT2D eigenvalue weighted by atomic mass is 10.2. The third kappa shape index (κ3) is 1.98. The summed E-state index contributed by atoms with van der Waals surface area (Å²) in [6.07, 6.45) is 1.82. The van der Waals surface area contributed by atoms with E-state index in [9.17, 15) is 10.1 Å². The lowest BCUT2D eigenvalue weighted by Gasteiger charge is -1.97. The van der Waals surface area contributed by atoms with E-state index in [0.717, 1.165) is 4.90 Å². The van der Waals surface area contributed by atoms with Gasteiger partial charge >= 0.3 is 0 Å². The molecule has 0 heterocycles. The second-order valence-corrected chi connectivity index (χ2v) is 3.13. The van der Waals surface area contributed by atoms with Crippen LogP contribution < -0.4 is 0 Å². The van der Waals surface area contributed by atoms with Gasteiger partial charge in [0.2, 0.25) is 0 Å². The van der Waals surface area contributed by atoms with Gasteiger partial charge in [0, 0.05) is 11.0 Å². The van der Waals surface area contributed by atoms with Crippen LogP contribution in [0.1, 0.15) is 5.56 Å². The van der Waals surface area contributed by atoms with Crippen LogP contribution >= 0.6 is 11.8 Å². The molecular weight excluding hydrogens is 188 g/mol. The van der Waals surface area contributed by atoms with Crippen LogP contribution in [0.3, 0.4) is 0 Å². The SMILES string of the molecule is CSc1ccc(C#N)c([N+](=O)[O-])c1. The smallest absolute Gasteiger partial charge is 0.258 e. The first-order chi connectivity index (χ1) is 6.19. The quantitative estimate of drug-likeness (QED) is 0.411. The Morgan fingerprint density at radius 1 is 1.62 bits per heavy atom. The Kier molecular flexibility index (Phi) is 2.88. The van der Waals surface area contributed by atoms with Gasteiger partial charge in [-0.05, 0) is 18.4 Å². The van der Waals surface area contributed by atoms with Crippen molar-refractivity contribution >= 4 is 17.4 Å². The standard InChI is InChI=1S/C8H6N2O2S/c1-13-7-3-2-6(5-9)8(4-7)10(11)12/h2-4H,1H3. The number of rotatable bonds is 2. The second kappa shape index (κ2) is 3.92. The van der Waals surface area contributed by atoms with E-state index >= 15 is 0 Å². The average Bonchev–Trinajstić information content (AvgIpc) is 2.16. The van der Waals surface area contributed by atoms with E-state index in [1.54, 1.807) is 12.1 Å². The molecule has 0 fully saturated rings. The first-order valence-electron chi connectivity index (χ1n) is 3.41. The van der Waals surface area contributed by atoms with Crippen LogP contribution in [0.25, 0.3) is 0 Å². The Bertz CT molecular complexity index is 384. The molecular formula is C8H6N2O2S. The van der Waals surface area contributed by atoms with E-state index in [-0.39, 0.29) is 11.3 Å². The van der Waals surface area contributed by atoms with Crippen molar-refractivity contribution in [3.8, 4) is 6.07 Å². The van der Waals surface area contributed by atoms with Gasteiger partial charge in [0.1, 0.15) is 11.6 Å². The zero-order chi connectivity index (χ0) is 9.84. The van der Waals surface area contributed by atoms with Crippen molar-refractivity contribution in [1.82, 2.24) is 0 Å². The van der Waals surface area contributed by atoms with Crippen LogP contribution in [-0.2, 0) is 0 Å². The summed E-state index contributed by atoms with van der Waals surface area (Å²) in [5, 5.41) is 19.1. The fourth-order valence-corrected chi connectivity index (χ4v) is 1.32. The molecule has 13 heavy (non-hydrogen) atoms. The maximum Gasteiger partial charge on any atom is 0.288 e. The molecule has 0 N–H and O–H groups in total. The zero-order valence-electron chi connectivity index (χ0n) is 6.85. The van der Waals surface area contributed by atoms with Gasteiger partial charge in [-0.1, -0.05) is 0 Å². The molecule has 1 aromatic rings. The highest BCUT2D eigenvalue weighted by Gasteiger charge is 2.13. The Morgan fingerprint density at radius 2 is 2.31 bits per heavy atom. The van der Waals surface area contributed by atoms with Crippen LogP contribution in [0.15, 0.2) is 23.1 Å². The highest BCUT2D eigenvalue weighted by atomic mass is 32.2. The maximum atomic E-state index is 10.5. The predicted molar refractivity (Wildman–Crippen MR) is 49.6 cm³/mol. The van der Waals surface area contributed by atoms with Gasteiger partial charge in [0.25, 0.3) is 5.69 Å². The molecule has 0 radical (unpaired) electrons. The van der Waals surface area contributed by atoms with Gasteiger partial charge in [-0.2, -0.15) is 5.26 Å². The number of thioether (sulfide) groups is 1. The molecule has 0 bridgehead atoms. The van der Waals surface area contributed by atoms with E-state index in [1.807, 2.05) is 6.26 Å². The second-order valence-electron chi connectivity index (χ2n) is 2.25. The third-order valence-corrected chi connectivity index (χ3v) is 2.25.